The molecule has 0 bridgehead atoms. The van der Waals surface area contributed by atoms with Gasteiger partial charge in [-0.25, -0.2) is 9.18 Å². The average molecular weight is 354 g/mol. The zero-order valence-corrected chi connectivity index (χ0v) is 13.8. The van der Waals surface area contributed by atoms with E-state index in [-0.39, 0.29) is 10.6 Å². The standard InChI is InChI=1S/C20H13ClFNO2/c21-17-5-3-6-18(22)19(17)20(24)25-16-11-8-14(9-12-16)7-10-15-4-1-2-13-23-15/h1-13H/b10-7+. The van der Waals surface area contributed by atoms with Crippen LogP contribution < -0.4 is 4.74 Å². The van der Waals surface area contributed by atoms with E-state index in [2.05, 4.69) is 4.98 Å². The number of rotatable bonds is 4. The van der Waals surface area contributed by atoms with E-state index in [1.807, 2.05) is 30.4 Å². The van der Waals surface area contributed by atoms with E-state index in [1.54, 1.807) is 30.5 Å². The molecule has 1 aromatic heterocycles. The predicted octanol–water partition coefficient (Wildman–Crippen LogP) is 5.26. The highest BCUT2D eigenvalue weighted by Gasteiger charge is 2.17. The fraction of sp³-hybridized carbons (Fsp3) is 0. The average Bonchev–Trinajstić information content (AvgIpc) is 2.62. The van der Waals surface area contributed by atoms with Crippen molar-refractivity contribution < 1.29 is 13.9 Å². The number of esters is 1. The number of carbonyl (C=O) groups is 1. The Morgan fingerprint density at radius 2 is 1.80 bits per heavy atom. The Morgan fingerprint density at radius 3 is 2.48 bits per heavy atom. The van der Waals surface area contributed by atoms with Gasteiger partial charge in [-0.15, -0.1) is 0 Å². The van der Waals surface area contributed by atoms with Crippen LogP contribution in [0, 0.1) is 5.82 Å². The van der Waals surface area contributed by atoms with E-state index >= 15 is 0 Å². The Kier molecular flexibility index (Phi) is 5.21. The molecule has 3 nitrogen and oxygen atoms in total. The second-order valence-electron chi connectivity index (χ2n) is 5.14. The smallest absolute Gasteiger partial charge is 0.348 e. The number of nitrogens with zero attached hydrogens (tertiary/aromatic N) is 1. The summed E-state index contributed by atoms with van der Waals surface area (Å²) in [6.45, 7) is 0. The second-order valence-corrected chi connectivity index (χ2v) is 5.55. The minimum atomic E-state index is -0.833. The predicted molar refractivity (Wildman–Crippen MR) is 96.0 cm³/mol. The first kappa shape index (κ1) is 16.9. The van der Waals surface area contributed by atoms with Gasteiger partial charge in [0.25, 0.3) is 0 Å². The molecular formula is C20H13ClFNO2. The quantitative estimate of drug-likeness (QED) is 0.474. The molecule has 0 fully saturated rings. The summed E-state index contributed by atoms with van der Waals surface area (Å²) in [5, 5.41) is 0.0138. The molecule has 0 radical (unpaired) electrons. The molecule has 0 aliphatic heterocycles. The lowest BCUT2D eigenvalue weighted by Gasteiger charge is -2.07. The third-order valence-electron chi connectivity index (χ3n) is 3.39. The summed E-state index contributed by atoms with van der Waals surface area (Å²) in [6, 6.07) is 16.5. The van der Waals surface area contributed by atoms with E-state index in [0.29, 0.717) is 5.75 Å². The lowest BCUT2D eigenvalue weighted by Crippen LogP contribution is -2.11. The first-order valence-corrected chi connectivity index (χ1v) is 7.86. The summed E-state index contributed by atoms with van der Waals surface area (Å²) in [5.74, 6) is -1.24. The molecule has 0 aliphatic carbocycles. The van der Waals surface area contributed by atoms with Gasteiger partial charge in [0.05, 0.1) is 10.7 Å². The van der Waals surface area contributed by atoms with Gasteiger partial charge in [0.15, 0.2) is 0 Å². The van der Waals surface area contributed by atoms with Crippen LogP contribution in [0.3, 0.4) is 0 Å². The summed E-state index contributed by atoms with van der Waals surface area (Å²) in [6.07, 6.45) is 5.48. The summed E-state index contributed by atoms with van der Waals surface area (Å²) < 4.78 is 18.9. The lowest BCUT2D eigenvalue weighted by molar-refractivity contribution is 0.0730. The van der Waals surface area contributed by atoms with E-state index in [1.165, 1.54) is 12.1 Å². The third-order valence-corrected chi connectivity index (χ3v) is 3.71. The number of ether oxygens (including phenoxy) is 1. The van der Waals surface area contributed by atoms with Crippen LogP contribution in [0.15, 0.2) is 66.9 Å². The summed E-state index contributed by atoms with van der Waals surface area (Å²) in [5.41, 5.74) is 1.48. The maximum absolute atomic E-state index is 13.7. The molecule has 5 heteroatoms. The molecular weight excluding hydrogens is 341 g/mol. The van der Waals surface area contributed by atoms with Crippen LogP contribution in [0.2, 0.25) is 5.02 Å². The maximum Gasteiger partial charge on any atom is 0.348 e. The van der Waals surface area contributed by atoms with Crippen LogP contribution in [0.1, 0.15) is 21.6 Å². The number of hydrogen-bond acceptors (Lipinski definition) is 3. The third kappa shape index (κ3) is 4.31. The van der Waals surface area contributed by atoms with Crippen molar-refractivity contribution in [2.75, 3.05) is 0 Å². The fourth-order valence-corrected chi connectivity index (χ4v) is 2.39. The van der Waals surface area contributed by atoms with Crippen molar-refractivity contribution in [3.05, 3.63) is 94.5 Å². The highest BCUT2D eigenvalue weighted by Crippen LogP contribution is 2.22. The summed E-state index contributed by atoms with van der Waals surface area (Å²) >= 11 is 5.86. The Labute approximate surface area is 149 Å². The number of halogens is 2. The topological polar surface area (TPSA) is 39.2 Å². The lowest BCUT2D eigenvalue weighted by atomic mass is 10.2. The second kappa shape index (κ2) is 7.73. The Hall–Kier alpha value is -2.98. The minimum absolute atomic E-state index is 0.0138. The Bertz CT molecular complexity index is 888. The van der Waals surface area contributed by atoms with Gasteiger partial charge in [0.1, 0.15) is 17.1 Å². The molecule has 0 atom stereocenters. The molecule has 0 unspecified atom stereocenters. The zero-order chi connectivity index (χ0) is 17.6. The van der Waals surface area contributed by atoms with Crippen LogP contribution in [0.4, 0.5) is 4.39 Å². The van der Waals surface area contributed by atoms with Gasteiger partial charge in [-0.2, -0.15) is 0 Å². The first-order valence-electron chi connectivity index (χ1n) is 7.49. The van der Waals surface area contributed by atoms with Crippen LogP contribution >= 0.6 is 11.6 Å². The highest BCUT2D eigenvalue weighted by molar-refractivity contribution is 6.33. The Balaban J connectivity index is 1.70. The van der Waals surface area contributed by atoms with Gasteiger partial charge < -0.3 is 4.74 Å². The number of benzene rings is 2. The molecule has 2 aromatic carbocycles. The van der Waals surface area contributed by atoms with Crippen LogP contribution in [-0.2, 0) is 0 Å². The fourth-order valence-electron chi connectivity index (χ4n) is 2.15. The monoisotopic (exact) mass is 353 g/mol. The molecule has 1 heterocycles. The SMILES string of the molecule is O=C(Oc1ccc(/C=C/c2ccccn2)cc1)c1c(F)cccc1Cl. The van der Waals surface area contributed by atoms with Crippen LogP contribution in [0.5, 0.6) is 5.75 Å². The largest absolute Gasteiger partial charge is 0.423 e. The zero-order valence-electron chi connectivity index (χ0n) is 13.0. The maximum atomic E-state index is 13.7. The van der Waals surface area contributed by atoms with Crippen molar-refractivity contribution in [3.8, 4) is 5.75 Å². The van der Waals surface area contributed by atoms with Gasteiger partial charge in [-0.05, 0) is 48.0 Å². The van der Waals surface area contributed by atoms with E-state index in [4.69, 9.17) is 16.3 Å². The van der Waals surface area contributed by atoms with Crippen molar-refractivity contribution >= 4 is 29.7 Å². The summed E-state index contributed by atoms with van der Waals surface area (Å²) in [4.78, 5) is 16.3. The molecule has 25 heavy (non-hydrogen) atoms. The van der Waals surface area contributed by atoms with Gasteiger partial charge in [-0.1, -0.05) is 41.9 Å². The van der Waals surface area contributed by atoms with Gasteiger partial charge in [0, 0.05) is 6.20 Å². The molecule has 0 amide bonds. The normalized spacial score (nSPS) is 10.8. The van der Waals surface area contributed by atoms with Gasteiger partial charge in [0.2, 0.25) is 0 Å². The number of carbonyl (C=O) groups excluding carboxylic acids is 1. The van der Waals surface area contributed by atoms with Crippen LogP contribution in [-0.4, -0.2) is 11.0 Å². The van der Waals surface area contributed by atoms with Crippen molar-refractivity contribution in [1.29, 1.82) is 0 Å². The van der Waals surface area contributed by atoms with E-state index in [9.17, 15) is 9.18 Å². The van der Waals surface area contributed by atoms with Gasteiger partial charge >= 0.3 is 5.97 Å². The summed E-state index contributed by atoms with van der Waals surface area (Å²) in [7, 11) is 0. The molecule has 0 saturated carbocycles. The minimum Gasteiger partial charge on any atom is -0.423 e. The molecule has 0 saturated heterocycles. The molecule has 0 spiro atoms. The van der Waals surface area contributed by atoms with Gasteiger partial charge in [-0.3, -0.25) is 4.98 Å². The van der Waals surface area contributed by atoms with Crippen molar-refractivity contribution in [2.24, 2.45) is 0 Å². The van der Waals surface area contributed by atoms with Crippen molar-refractivity contribution in [3.63, 3.8) is 0 Å². The molecule has 124 valence electrons. The first-order chi connectivity index (χ1) is 12.1. The van der Waals surface area contributed by atoms with E-state index in [0.717, 1.165) is 17.3 Å². The Morgan fingerprint density at radius 1 is 1.00 bits per heavy atom. The number of hydrogen-bond donors (Lipinski definition) is 0. The molecule has 0 aliphatic rings. The number of aromatic nitrogens is 1. The van der Waals surface area contributed by atoms with E-state index < -0.39 is 11.8 Å². The van der Waals surface area contributed by atoms with Crippen molar-refractivity contribution in [2.45, 2.75) is 0 Å². The molecule has 3 aromatic rings. The van der Waals surface area contributed by atoms with Crippen LogP contribution in [0.25, 0.3) is 12.2 Å². The molecule has 3 rings (SSSR count). The highest BCUT2D eigenvalue weighted by atomic mass is 35.5. The van der Waals surface area contributed by atoms with Crippen molar-refractivity contribution in [1.82, 2.24) is 4.98 Å². The molecule has 0 N–H and O–H groups in total. The number of pyridine rings is 1.